The number of alkyl halides is 1. The Labute approximate surface area is 154 Å². The van der Waals surface area contributed by atoms with E-state index in [-0.39, 0.29) is 0 Å². The number of benzene rings is 2. The highest BCUT2D eigenvalue weighted by atomic mass is 127. The van der Waals surface area contributed by atoms with Crippen molar-refractivity contribution in [1.29, 1.82) is 0 Å². The summed E-state index contributed by atoms with van der Waals surface area (Å²) in [5.74, 6) is 1.49. The molecule has 1 heterocycles. The lowest BCUT2D eigenvalue weighted by Gasteiger charge is -2.10. The van der Waals surface area contributed by atoms with Gasteiger partial charge in [-0.2, -0.15) is 0 Å². The lowest BCUT2D eigenvalue weighted by molar-refractivity contribution is 0.912. The van der Waals surface area contributed by atoms with E-state index in [0.29, 0.717) is 17.3 Å². The standard InChI is InChI=1S/C15H10BrCl2IN2/c16-11-8-10(2-3-12(11)18)21-14-4-1-9(19)7-13(14)20-15(21)5-6-17/h1-4,7-8H,5-6H2. The fraction of sp³-hybridized carbons (Fsp3) is 0.133. The first-order chi connectivity index (χ1) is 10.1. The average molecular weight is 496 g/mol. The molecule has 0 unspecified atom stereocenters. The summed E-state index contributed by atoms with van der Waals surface area (Å²) < 4.78 is 4.17. The smallest absolute Gasteiger partial charge is 0.115 e. The molecule has 0 aliphatic carbocycles. The minimum absolute atomic E-state index is 0.537. The Kier molecular flexibility index (Phi) is 4.78. The van der Waals surface area contributed by atoms with Gasteiger partial charge >= 0.3 is 0 Å². The minimum atomic E-state index is 0.537. The van der Waals surface area contributed by atoms with Crippen molar-refractivity contribution >= 4 is 72.8 Å². The Bertz CT molecular complexity index is 817. The molecule has 0 saturated carbocycles. The maximum Gasteiger partial charge on any atom is 0.115 e. The second-order valence-electron chi connectivity index (χ2n) is 4.53. The van der Waals surface area contributed by atoms with Crippen molar-refractivity contribution in [3.63, 3.8) is 0 Å². The summed E-state index contributed by atoms with van der Waals surface area (Å²) in [6.07, 6.45) is 0.715. The SMILES string of the molecule is ClCCc1nc2cc(I)ccc2n1-c1ccc(Cl)c(Br)c1. The lowest BCUT2D eigenvalue weighted by atomic mass is 10.2. The van der Waals surface area contributed by atoms with E-state index in [4.69, 9.17) is 28.2 Å². The first-order valence-corrected chi connectivity index (χ1v) is 9.07. The summed E-state index contributed by atoms with van der Waals surface area (Å²) >= 11 is 17.8. The molecular formula is C15H10BrCl2IN2. The molecule has 21 heavy (non-hydrogen) atoms. The topological polar surface area (TPSA) is 17.8 Å². The van der Waals surface area contributed by atoms with Crippen LogP contribution in [0.1, 0.15) is 5.82 Å². The third-order valence-electron chi connectivity index (χ3n) is 3.17. The van der Waals surface area contributed by atoms with Crippen LogP contribution in [0.25, 0.3) is 16.7 Å². The van der Waals surface area contributed by atoms with Crippen LogP contribution in [0.5, 0.6) is 0 Å². The van der Waals surface area contributed by atoms with Gasteiger partial charge in [0, 0.05) is 26.0 Å². The van der Waals surface area contributed by atoms with Crippen molar-refractivity contribution in [2.24, 2.45) is 0 Å². The normalized spacial score (nSPS) is 11.2. The number of fused-ring (bicyclic) bond motifs is 1. The Hall–Kier alpha value is -0.300. The summed E-state index contributed by atoms with van der Waals surface area (Å²) in [5, 5.41) is 0.691. The number of rotatable bonds is 3. The molecule has 0 radical (unpaired) electrons. The van der Waals surface area contributed by atoms with Crippen LogP contribution in [0.3, 0.4) is 0 Å². The quantitative estimate of drug-likeness (QED) is 0.330. The number of aryl methyl sites for hydroxylation is 1. The number of halogens is 4. The Balaban J connectivity index is 2.27. The molecule has 2 aromatic carbocycles. The van der Waals surface area contributed by atoms with Gasteiger partial charge in [0.05, 0.1) is 16.1 Å². The maximum atomic E-state index is 6.09. The van der Waals surface area contributed by atoms with E-state index >= 15 is 0 Å². The van der Waals surface area contributed by atoms with Crippen LogP contribution < -0.4 is 0 Å². The molecule has 3 rings (SSSR count). The Morgan fingerprint density at radius 1 is 1.19 bits per heavy atom. The Morgan fingerprint density at radius 3 is 2.71 bits per heavy atom. The van der Waals surface area contributed by atoms with Crippen molar-refractivity contribution in [3.8, 4) is 5.69 Å². The molecule has 0 aliphatic heterocycles. The molecule has 6 heteroatoms. The third-order valence-corrected chi connectivity index (χ3v) is 5.24. The van der Waals surface area contributed by atoms with Gasteiger partial charge in [-0.25, -0.2) is 4.98 Å². The van der Waals surface area contributed by atoms with Crippen LogP contribution in [0.4, 0.5) is 0 Å². The van der Waals surface area contributed by atoms with Gasteiger partial charge in [-0.3, -0.25) is 4.57 Å². The highest BCUT2D eigenvalue weighted by Gasteiger charge is 2.13. The molecule has 0 N–H and O–H groups in total. The highest BCUT2D eigenvalue weighted by Crippen LogP contribution is 2.29. The second-order valence-corrected chi connectivity index (χ2v) is 7.42. The second kappa shape index (κ2) is 6.44. The molecule has 0 spiro atoms. The fourth-order valence-electron chi connectivity index (χ4n) is 2.27. The van der Waals surface area contributed by atoms with Crippen LogP contribution in [0.15, 0.2) is 40.9 Å². The number of hydrogen-bond donors (Lipinski definition) is 0. The van der Waals surface area contributed by atoms with E-state index in [2.05, 4.69) is 61.3 Å². The molecule has 0 atom stereocenters. The van der Waals surface area contributed by atoms with Gasteiger partial charge in [0.25, 0.3) is 0 Å². The van der Waals surface area contributed by atoms with Crippen LogP contribution in [-0.2, 0) is 6.42 Å². The monoisotopic (exact) mass is 494 g/mol. The van der Waals surface area contributed by atoms with E-state index < -0.39 is 0 Å². The van der Waals surface area contributed by atoms with Crippen molar-refractivity contribution in [3.05, 3.63) is 55.3 Å². The number of imidazole rings is 1. The molecule has 0 saturated heterocycles. The summed E-state index contributed by atoms with van der Waals surface area (Å²) in [5.41, 5.74) is 3.08. The molecule has 0 fully saturated rings. The van der Waals surface area contributed by atoms with Crippen molar-refractivity contribution < 1.29 is 0 Å². The maximum absolute atomic E-state index is 6.09. The van der Waals surface area contributed by atoms with Gasteiger partial charge < -0.3 is 0 Å². The Morgan fingerprint density at radius 2 is 2.00 bits per heavy atom. The van der Waals surface area contributed by atoms with E-state index in [9.17, 15) is 0 Å². The summed E-state index contributed by atoms with van der Waals surface area (Å²) in [4.78, 5) is 4.72. The molecular weight excluding hydrogens is 486 g/mol. The molecule has 0 amide bonds. The zero-order chi connectivity index (χ0) is 15.0. The first kappa shape index (κ1) is 15.6. The lowest BCUT2D eigenvalue weighted by Crippen LogP contribution is -2.02. The fourth-order valence-corrected chi connectivity index (χ4v) is 3.40. The van der Waals surface area contributed by atoms with Gasteiger partial charge in [0.2, 0.25) is 0 Å². The number of aromatic nitrogens is 2. The summed E-state index contributed by atoms with van der Waals surface area (Å²) in [6.45, 7) is 0. The van der Waals surface area contributed by atoms with E-state index in [0.717, 1.165) is 27.0 Å². The highest BCUT2D eigenvalue weighted by molar-refractivity contribution is 14.1. The van der Waals surface area contributed by atoms with Gasteiger partial charge in [0.15, 0.2) is 0 Å². The van der Waals surface area contributed by atoms with Gasteiger partial charge in [-0.05, 0) is 74.9 Å². The van der Waals surface area contributed by atoms with Crippen LogP contribution >= 0.6 is 61.7 Å². The minimum Gasteiger partial charge on any atom is -0.296 e. The van der Waals surface area contributed by atoms with Gasteiger partial charge in [-0.15, -0.1) is 11.6 Å². The zero-order valence-electron chi connectivity index (χ0n) is 10.8. The molecule has 0 bridgehead atoms. The van der Waals surface area contributed by atoms with Crippen molar-refractivity contribution in [1.82, 2.24) is 9.55 Å². The number of nitrogens with zero attached hydrogens (tertiary/aromatic N) is 2. The van der Waals surface area contributed by atoms with E-state index in [1.165, 1.54) is 3.57 Å². The van der Waals surface area contributed by atoms with Crippen LogP contribution in [-0.4, -0.2) is 15.4 Å². The first-order valence-electron chi connectivity index (χ1n) is 6.28. The predicted octanol–water partition coefficient (Wildman–Crippen LogP) is 5.83. The third kappa shape index (κ3) is 3.09. The van der Waals surface area contributed by atoms with Gasteiger partial charge in [0.1, 0.15) is 5.82 Å². The number of hydrogen-bond acceptors (Lipinski definition) is 1. The van der Waals surface area contributed by atoms with Crippen LogP contribution in [0.2, 0.25) is 5.02 Å². The zero-order valence-corrected chi connectivity index (χ0v) is 16.0. The van der Waals surface area contributed by atoms with E-state index in [1.54, 1.807) is 0 Å². The van der Waals surface area contributed by atoms with Crippen molar-refractivity contribution in [2.75, 3.05) is 5.88 Å². The average Bonchev–Trinajstić information content (AvgIpc) is 2.79. The summed E-state index contributed by atoms with van der Waals surface area (Å²) in [7, 11) is 0. The van der Waals surface area contributed by atoms with E-state index in [1.807, 2.05) is 18.2 Å². The molecule has 108 valence electrons. The van der Waals surface area contributed by atoms with Gasteiger partial charge in [-0.1, -0.05) is 11.6 Å². The predicted molar refractivity (Wildman–Crippen MR) is 101 cm³/mol. The molecule has 0 aliphatic rings. The van der Waals surface area contributed by atoms with Crippen LogP contribution in [0, 0.1) is 3.57 Å². The summed E-state index contributed by atoms with van der Waals surface area (Å²) in [6, 6.07) is 12.1. The molecule has 2 nitrogen and oxygen atoms in total. The molecule has 3 aromatic rings. The largest absolute Gasteiger partial charge is 0.296 e. The molecule has 1 aromatic heterocycles. The van der Waals surface area contributed by atoms with Crippen molar-refractivity contribution in [2.45, 2.75) is 6.42 Å².